The summed E-state index contributed by atoms with van der Waals surface area (Å²) in [5.74, 6) is 0. The van der Waals surface area contributed by atoms with Crippen LogP contribution < -0.4 is 0 Å². The molecule has 0 aromatic rings. The van der Waals surface area contributed by atoms with Gasteiger partial charge in [-0.2, -0.15) is 12.6 Å². The van der Waals surface area contributed by atoms with Crippen molar-refractivity contribution in [3.63, 3.8) is 0 Å². The van der Waals surface area contributed by atoms with E-state index in [0.29, 0.717) is 6.29 Å². The standard InChI is InChI=1S/C4H5ClOS/c5-2-1-4(7)3-6/h1-4,7H. The van der Waals surface area contributed by atoms with Crippen molar-refractivity contribution in [2.75, 3.05) is 0 Å². The minimum Gasteiger partial charge on any atom is -0.302 e. The summed E-state index contributed by atoms with van der Waals surface area (Å²) in [5.41, 5.74) is 1.27. The number of hydrogen-bond acceptors (Lipinski definition) is 2. The van der Waals surface area contributed by atoms with Crippen molar-refractivity contribution in [1.29, 1.82) is 0 Å². The van der Waals surface area contributed by atoms with Crippen LogP contribution in [0, 0.1) is 0 Å². The van der Waals surface area contributed by atoms with Gasteiger partial charge in [0.1, 0.15) is 6.29 Å². The van der Waals surface area contributed by atoms with E-state index in [1.54, 1.807) is 0 Å². The van der Waals surface area contributed by atoms with Gasteiger partial charge in [0.05, 0.1) is 5.25 Å². The fourth-order valence-corrected chi connectivity index (χ4v) is 0.464. The van der Waals surface area contributed by atoms with Crippen LogP contribution in [-0.4, -0.2) is 11.5 Å². The third kappa shape index (κ3) is 3.89. The van der Waals surface area contributed by atoms with Crippen molar-refractivity contribution in [2.45, 2.75) is 5.25 Å². The molecule has 0 saturated heterocycles. The van der Waals surface area contributed by atoms with E-state index < -0.39 is 0 Å². The fraction of sp³-hybridized carbons (Fsp3) is 0.250. The van der Waals surface area contributed by atoms with E-state index in [1.165, 1.54) is 11.6 Å². The van der Waals surface area contributed by atoms with Crippen LogP contribution in [0.1, 0.15) is 0 Å². The van der Waals surface area contributed by atoms with Crippen LogP contribution in [0.5, 0.6) is 0 Å². The lowest BCUT2D eigenvalue weighted by Gasteiger charge is -1.84. The van der Waals surface area contributed by atoms with Crippen LogP contribution in [0.4, 0.5) is 0 Å². The molecule has 40 valence electrons. The summed E-state index contributed by atoms with van der Waals surface area (Å²) in [6.45, 7) is 0. The Bertz CT molecular complexity index is 81.8. The SMILES string of the molecule is O=CC(S)C=CCl. The van der Waals surface area contributed by atoms with Gasteiger partial charge in [-0.25, -0.2) is 0 Å². The second-order valence-electron chi connectivity index (χ2n) is 0.945. The number of rotatable bonds is 2. The first-order chi connectivity index (χ1) is 3.31. The summed E-state index contributed by atoms with van der Waals surface area (Å²) in [4.78, 5) is 9.71. The molecule has 0 radical (unpaired) electrons. The molecule has 0 heterocycles. The predicted molar refractivity (Wildman–Crippen MR) is 33.8 cm³/mol. The van der Waals surface area contributed by atoms with E-state index >= 15 is 0 Å². The van der Waals surface area contributed by atoms with Gasteiger partial charge in [-0.15, -0.1) is 0 Å². The predicted octanol–water partition coefficient (Wildman–Crippen LogP) is 1.24. The molecule has 0 aromatic heterocycles. The summed E-state index contributed by atoms with van der Waals surface area (Å²) in [6, 6.07) is 0. The van der Waals surface area contributed by atoms with Gasteiger partial charge in [-0.3, -0.25) is 0 Å². The molecule has 0 aliphatic carbocycles. The summed E-state index contributed by atoms with van der Waals surface area (Å²) in [7, 11) is 0. The molecule has 0 N–H and O–H groups in total. The third-order valence-corrected chi connectivity index (χ3v) is 0.849. The lowest BCUT2D eigenvalue weighted by Crippen LogP contribution is -1.91. The van der Waals surface area contributed by atoms with E-state index in [2.05, 4.69) is 12.6 Å². The average molecular weight is 137 g/mol. The lowest BCUT2D eigenvalue weighted by molar-refractivity contribution is -0.106. The second kappa shape index (κ2) is 4.22. The lowest BCUT2D eigenvalue weighted by atomic mass is 10.5. The Morgan fingerprint density at radius 1 is 1.71 bits per heavy atom. The highest BCUT2D eigenvalue weighted by Crippen LogP contribution is 1.92. The summed E-state index contributed by atoms with van der Waals surface area (Å²) >= 11 is 8.86. The topological polar surface area (TPSA) is 17.1 Å². The maximum atomic E-state index is 9.71. The molecule has 0 aliphatic heterocycles. The van der Waals surface area contributed by atoms with Gasteiger partial charge in [0.2, 0.25) is 0 Å². The molecule has 1 unspecified atom stereocenters. The Hall–Kier alpha value is 0.0500. The van der Waals surface area contributed by atoms with Crippen LogP contribution in [0.2, 0.25) is 0 Å². The molecule has 0 rings (SSSR count). The van der Waals surface area contributed by atoms with Crippen molar-refractivity contribution in [1.82, 2.24) is 0 Å². The summed E-state index contributed by atoms with van der Waals surface area (Å²) < 4.78 is 0. The minimum atomic E-state index is -0.350. The van der Waals surface area contributed by atoms with E-state index in [0.717, 1.165) is 0 Å². The zero-order valence-electron chi connectivity index (χ0n) is 3.54. The van der Waals surface area contributed by atoms with E-state index in [9.17, 15) is 4.79 Å². The van der Waals surface area contributed by atoms with Crippen molar-refractivity contribution in [3.8, 4) is 0 Å². The van der Waals surface area contributed by atoms with Crippen LogP contribution in [0.15, 0.2) is 11.6 Å². The number of halogens is 1. The van der Waals surface area contributed by atoms with Gasteiger partial charge >= 0.3 is 0 Å². The van der Waals surface area contributed by atoms with Gasteiger partial charge in [-0.1, -0.05) is 17.7 Å². The zero-order valence-corrected chi connectivity index (χ0v) is 5.19. The minimum absolute atomic E-state index is 0.350. The number of thiol groups is 1. The monoisotopic (exact) mass is 136 g/mol. The Balaban J connectivity index is 3.35. The first-order valence-corrected chi connectivity index (χ1v) is 2.66. The Morgan fingerprint density at radius 2 is 2.29 bits per heavy atom. The molecular weight excluding hydrogens is 132 g/mol. The van der Waals surface area contributed by atoms with Crippen molar-refractivity contribution in [2.24, 2.45) is 0 Å². The van der Waals surface area contributed by atoms with Crippen LogP contribution in [0.25, 0.3) is 0 Å². The second-order valence-corrected chi connectivity index (χ2v) is 1.79. The normalized spacial score (nSPS) is 14.6. The highest BCUT2D eigenvalue weighted by molar-refractivity contribution is 7.81. The largest absolute Gasteiger partial charge is 0.302 e. The molecule has 3 heteroatoms. The van der Waals surface area contributed by atoms with Crippen molar-refractivity contribution >= 4 is 30.5 Å². The Morgan fingerprint density at radius 3 is 2.43 bits per heavy atom. The molecule has 0 amide bonds. The Kier molecular flexibility index (Phi) is 4.25. The van der Waals surface area contributed by atoms with E-state index in [1.807, 2.05) is 0 Å². The molecule has 0 aliphatic rings. The molecule has 1 atom stereocenters. The first kappa shape index (κ1) is 7.05. The molecular formula is C4H5ClOS. The highest BCUT2D eigenvalue weighted by atomic mass is 35.5. The number of carbonyl (C=O) groups excluding carboxylic acids is 1. The van der Waals surface area contributed by atoms with Crippen LogP contribution in [-0.2, 0) is 4.79 Å². The van der Waals surface area contributed by atoms with E-state index in [-0.39, 0.29) is 5.25 Å². The summed E-state index contributed by atoms with van der Waals surface area (Å²) in [5, 5.41) is -0.350. The number of hydrogen-bond donors (Lipinski definition) is 1. The number of carbonyl (C=O) groups is 1. The quantitative estimate of drug-likeness (QED) is 0.447. The fourth-order valence-electron chi connectivity index (χ4n) is 0.120. The third-order valence-electron chi connectivity index (χ3n) is 0.409. The molecule has 0 saturated carbocycles. The van der Waals surface area contributed by atoms with Gasteiger partial charge in [0.25, 0.3) is 0 Å². The van der Waals surface area contributed by atoms with Gasteiger partial charge < -0.3 is 4.79 Å². The molecule has 7 heavy (non-hydrogen) atoms. The molecule has 0 bridgehead atoms. The summed E-state index contributed by atoms with van der Waals surface area (Å²) in [6.07, 6.45) is 2.18. The van der Waals surface area contributed by atoms with Crippen LogP contribution >= 0.6 is 24.2 Å². The average Bonchev–Trinajstić information content (AvgIpc) is 1.68. The van der Waals surface area contributed by atoms with Gasteiger partial charge in [0.15, 0.2) is 0 Å². The van der Waals surface area contributed by atoms with Crippen molar-refractivity contribution < 1.29 is 4.79 Å². The zero-order chi connectivity index (χ0) is 5.70. The van der Waals surface area contributed by atoms with Crippen LogP contribution in [0.3, 0.4) is 0 Å². The smallest absolute Gasteiger partial charge is 0.136 e. The highest BCUT2D eigenvalue weighted by Gasteiger charge is 1.88. The first-order valence-electron chi connectivity index (χ1n) is 1.71. The maximum absolute atomic E-state index is 9.71. The molecule has 1 nitrogen and oxygen atoms in total. The molecule has 0 spiro atoms. The molecule has 0 fully saturated rings. The number of aldehydes is 1. The van der Waals surface area contributed by atoms with Gasteiger partial charge in [0, 0.05) is 5.54 Å². The van der Waals surface area contributed by atoms with Gasteiger partial charge in [-0.05, 0) is 0 Å². The molecule has 0 aromatic carbocycles. The van der Waals surface area contributed by atoms with E-state index in [4.69, 9.17) is 11.6 Å². The maximum Gasteiger partial charge on any atom is 0.136 e. The Labute approximate surface area is 52.8 Å². The van der Waals surface area contributed by atoms with Crippen molar-refractivity contribution in [3.05, 3.63) is 11.6 Å².